The van der Waals surface area contributed by atoms with Crippen LogP contribution >= 0.6 is 0 Å². The Morgan fingerprint density at radius 2 is 2.22 bits per heavy atom. The fourth-order valence-electron chi connectivity index (χ4n) is 1.94. The van der Waals surface area contributed by atoms with Crippen LogP contribution in [-0.2, 0) is 15.6 Å². The predicted molar refractivity (Wildman–Crippen MR) is 66.3 cm³/mol. The standard InChI is InChI=1S/C12H14FNO3S/c1-7-2-3-8(4-9(7)13)10-5-18(17)6-11(14-10)12(15)16/h2-4,10-11,14H,5-6H2,1H3,(H,15,16). The van der Waals surface area contributed by atoms with Gasteiger partial charge in [-0.1, -0.05) is 12.1 Å². The van der Waals surface area contributed by atoms with Crippen molar-refractivity contribution in [2.24, 2.45) is 0 Å². The van der Waals surface area contributed by atoms with E-state index in [9.17, 15) is 13.4 Å². The SMILES string of the molecule is Cc1ccc(C2CS(=O)CC(C(=O)O)N2)cc1F. The number of hydrogen-bond acceptors (Lipinski definition) is 3. The van der Waals surface area contributed by atoms with Gasteiger partial charge in [0.25, 0.3) is 0 Å². The molecule has 18 heavy (non-hydrogen) atoms. The molecule has 1 aromatic carbocycles. The lowest BCUT2D eigenvalue weighted by Crippen LogP contribution is -2.49. The molecule has 3 unspecified atom stereocenters. The third kappa shape index (κ3) is 2.76. The van der Waals surface area contributed by atoms with Gasteiger partial charge >= 0.3 is 5.97 Å². The van der Waals surface area contributed by atoms with E-state index in [1.165, 1.54) is 6.07 Å². The first-order valence-corrected chi connectivity index (χ1v) is 7.06. The van der Waals surface area contributed by atoms with Crippen LogP contribution in [-0.4, -0.2) is 32.8 Å². The lowest BCUT2D eigenvalue weighted by molar-refractivity contribution is -0.139. The van der Waals surface area contributed by atoms with E-state index in [-0.39, 0.29) is 17.6 Å². The highest BCUT2D eigenvalue weighted by molar-refractivity contribution is 7.85. The third-order valence-corrected chi connectivity index (χ3v) is 4.41. The summed E-state index contributed by atoms with van der Waals surface area (Å²) in [5.74, 6) is -0.954. The van der Waals surface area contributed by atoms with Crippen molar-refractivity contribution in [3.8, 4) is 0 Å². The number of hydrogen-bond donors (Lipinski definition) is 2. The van der Waals surface area contributed by atoms with Crippen LogP contribution in [0, 0.1) is 12.7 Å². The van der Waals surface area contributed by atoms with Crippen LogP contribution in [0.2, 0.25) is 0 Å². The Bertz CT molecular complexity index is 506. The van der Waals surface area contributed by atoms with Crippen LogP contribution in [0.4, 0.5) is 4.39 Å². The van der Waals surface area contributed by atoms with Crippen LogP contribution in [0.3, 0.4) is 0 Å². The molecule has 1 aliphatic heterocycles. The molecule has 4 nitrogen and oxygen atoms in total. The Kier molecular flexibility index (Phi) is 3.77. The zero-order valence-corrected chi connectivity index (χ0v) is 10.7. The number of carboxylic acid groups (broad SMARTS) is 1. The summed E-state index contributed by atoms with van der Waals surface area (Å²) in [6.45, 7) is 1.66. The Labute approximate surface area is 107 Å². The van der Waals surface area contributed by atoms with Gasteiger partial charge in [-0.15, -0.1) is 0 Å². The van der Waals surface area contributed by atoms with Gasteiger partial charge in [0.1, 0.15) is 11.9 Å². The highest BCUT2D eigenvalue weighted by atomic mass is 32.2. The number of aryl methyl sites for hydroxylation is 1. The molecule has 0 spiro atoms. The molecule has 2 N–H and O–H groups in total. The quantitative estimate of drug-likeness (QED) is 0.841. The van der Waals surface area contributed by atoms with Crippen LogP contribution in [0.25, 0.3) is 0 Å². The fourth-order valence-corrected chi connectivity index (χ4v) is 3.35. The molecule has 98 valence electrons. The molecule has 1 fully saturated rings. The first-order chi connectivity index (χ1) is 8.47. The van der Waals surface area contributed by atoms with Gasteiger partial charge in [-0.25, -0.2) is 4.39 Å². The molecule has 1 aromatic rings. The van der Waals surface area contributed by atoms with Crippen LogP contribution < -0.4 is 5.32 Å². The normalized spacial score (nSPS) is 28.0. The zero-order valence-electron chi connectivity index (χ0n) is 9.85. The lowest BCUT2D eigenvalue weighted by Gasteiger charge is -2.28. The van der Waals surface area contributed by atoms with Crippen LogP contribution in [0.15, 0.2) is 18.2 Å². The molecule has 3 atom stereocenters. The van der Waals surface area contributed by atoms with E-state index in [4.69, 9.17) is 5.11 Å². The number of aliphatic carboxylic acids is 1. The summed E-state index contributed by atoms with van der Waals surface area (Å²) >= 11 is 0. The molecule has 2 rings (SSSR count). The lowest BCUT2D eigenvalue weighted by atomic mass is 10.0. The number of carbonyl (C=O) groups is 1. The minimum atomic E-state index is -1.20. The number of benzene rings is 1. The molecule has 0 saturated carbocycles. The number of nitrogens with one attached hydrogen (secondary N) is 1. The maximum atomic E-state index is 13.5. The molecule has 0 radical (unpaired) electrons. The van der Waals surface area contributed by atoms with Crippen molar-refractivity contribution >= 4 is 16.8 Å². The number of carboxylic acids is 1. The zero-order chi connectivity index (χ0) is 13.3. The van der Waals surface area contributed by atoms with E-state index >= 15 is 0 Å². The van der Waals surface area contributed by atoms with Gasteiger partial charge in [0.05, 0.1) is 0 Å². The van der Waals surface area contributed by atoms with Gasteiger partial charge in [0.15, 0.2) is 0 Å². The first-order valence-electron chi connectivity index (χ1n) is 5.57. The van der Waals surface area contributed by atoms with E-state index in [1.54, 1.807) is 19.1 Å². The van der Waals surface area contributed by atoms with Gasteiger partial charge in [-0.3, -0.25) is 14.3 Å². The van der Waals surface area contributed by atoms with E-state index in [1.807, 2.05) is 0 Å². The second-order valence-electron chi connectivity index (χ2n) is 4.39. The van der Waals surface area contributed by atoms with Gasteiger partial charge in [0, 0.05) is 28.3 Å². The minimum absolute atomic E-state index is 0.0974. The fraction of sp³-hybridized carbons (Fsp3) is 0.417. The summed E-state index contributed by atoms with van der Waals surface area (Å²) in [4.78, 5) is 10.9. The van der Waals surface area contributed by atoms with Crippen LogP contribution in [0.1, 0.15) is 17.2 Å². The van der Waals surface area contributed by atoms with E-state index < -0.39 is 22.8 Å². The van der Waals surface area contributed by atoms with Crippen LogP contribution in [0.5, 0.6) is 0 Å². The van der Waals surface area contributed by atoms with Crippen molar-refractivity contribution in [1.29, 1.82) is 0 Å². The summed E-state index contributed by atoms with van der Waals surface area (Å²) in [6, 6.07) is 3.52. The van der Waals surface area contributed by atoms with Crippen molar-refractivity contribution in [2.45, 2.75) is 19.0 Å². The average molecular weight is 271 g/mol. The molecule has 1 aliphatic rings. The summed E-state index contributed by atoms with van der Waals surface area (Å²) < 4.78 is 25.1. The molecule has 1 saturated heterocycles. The Balaban J connectivity index is 2.23. The molecule has 1 heterocycles. The maximum Gasteiger partial charge on any atom is 0.321 e. The first kappa shape index (κ1) is 13.2. The minimum Gasteiger partial charge on any atom is -0.480 e. The van der Waals surface area contributed by atoms with Gasteiger partial charge in [-0.05, 0) is 24.1 Å². The van der Waals surface area contributed by atoms with E-state index in [0.717, 1.165) is 0 Å². The summed E-state index contributed by atoms with van der Waals surface area (Å²) in [7, 11) is -1.20. The van der Waals surface area contributed by atoms with E-state index in [2.05, 4.69) is 5.32 Å². The van der Waals surface area contributed by atoms with Crippen molar-refractivity contribution in [2.75, 3.05) is 11.5 Å². The second kappa shape index (κ2) is 5.16. The third-order valence-electron chi connectivity index (χ3n) is 3.00. The molecule has 0 amide bonds. The molecular weight excluding hydrogens is 257 g/mol. The molecular formula is C12H14FNO3S. The van der Waals surface area contributed by atoms with Crippen molar-refractivity contribution in [3.05, 3.63) is 35.1 Å². The smallest absolute Gasteiger partial charge is 0.321 e. The monoisotopic (exact) mass is 271 g/mol. The van der Waals surface area contributed by atoms with Gasteiger partial charge < -0.3 is 5.11 Å². The Morgan fingerprint density at radius 3 is 2.83 bits per heavy atom. The van der Waals surface area contributed by atoms with Crippen molar-refractivity contribution < 1.29 is 18.5 Å². The largest absolute Gasteiger partial charge is 0.480 e. The topological polar surface area (TPSA) is 66.4 Å². The van der Waals surface area contributed by atoms with Gasteiger partial charge in [0.2, 0.25) is 0 Å². The molecule has 0 bridgehead atoms. The predicted octanol–water partition coefficient (Wildman–Crippen LogP) is 0.980. The summed E-state index contributed by atoms with van der Waals surface area (Å²) in [5.41, 5.74) is 1.17. The Morgan fingerprint density at radius 1 is 1.50 bits per heavy atom. The highest BCUT2D eigenvalue weighted by Crippen LogP contribution is 2.21. The second-order valence-corrected chi connectivity index (χ2v) is 5.94. The number of rotatable bonds is 2. The van der Waals surface area contributed by atoms with Crippen molar-refractivity contribution in [1.82, 2.24) is 5.32 Å². The van der Waals surface area contributed by atoms with Gasteiger partial charge in [-0.2, -0.15) is 0 Å². The number of halogens is 1. The van der Waals surface area contributed by atoms with Crippen molar-refractivity contribution in [3.63, 3.8) is 0 Å². The molecule has 0 aromatic heterocycles. The molecule has 6 heteroatoms. The highest BCUT2D eigenvalue weighted by Gasteiger charge is 2.31. The summed E-state index contributed by atoms with van der Waals surface area (Å²) in [6.07, 6.45) is 0. The summed E-state index contributed by atoms with van der Waals surface area (Å²) in [5, 5.41) is 11.8. The van der Waals surface area contributed by atoms with E-state index in [0.29, 0.717) is 16.9 Å². The average Bonchev–Trinajstić information content (AvgIpc) is 2.31. The molecule has 0 aliphatic carbocycles. The maximum absolute atomic E-state index is 13.5. The Hall–Kier alpha value is -1.27.